The lowest BCUT2D eigenvalue weighted by molar-refractivity contribution is -0.163. The van der Waals surface area contributed by atoms with Crippen LogP contribution in [0.15, 0.2) is 24.4 Å². The van der Waals surface area contributed by atoms with E-state index in [1.54, 1.807) is 4.90 Å². The first-order chi connectivity index (χ1) is 24.5. The van der Waals surface area contributed by atoms with E-state index in [2.05, 4.69) is 20.2 Å². The molecule has 4 bridgehead atoms. The zero-order chi connectivity index (χ0) is 35.1. The van der Waals surface area contributed by atoms with Crippen LogP contribution in [0.4, 0.5) is 24.8 Å². The SMILES string of the molecule is O=C(NC1(C(=O)O)C2CC3CC(C2)CC1C3)c1cnc(N2CC3(CCOCC3)c3cc(OC4CCN(C5COC5)CC4)ccc32)nc1C(F)(F)F. The number of nitrogens with zero attached hydrogens (tertiary/aromatic N) is 4. The largest absolute Gasteiger partial charge is 0.490 e. The van der Waals surface area contributed by atoms with E-state index in [0.29, 0.717) is 81.8 Å². The number of likely N-dealkylation sites (tertiary alicyclic amines) is 1. The third kappa shape index (κ3) is 5.58. The van der Waals surface area contributed by atoms with Crippen LogP contribution in [0.1, 0.15) is 79.4 Å². The fourth-order valence-corrected chi connectivity index (χ4v) is 10.7. The van der Waals surface area contributed by atoms with Gasteiger partial charge in [-0.25, -0.2) is 14.8 Å². The highest BCUT2D eigenvalue weighted by Gasteiger charge is 2.62. The number of hydrogen-bond acceptors (Lipinski definition) is 9. The van der Waals surface area contributed by atoms with Crippen LogP contribution in [0, 0.1) is 23.7 Å². The van der Waals surface area contributed by atoms with Gasteiger partial charge < -0.3 is 29.5 Å². The highest BCUT2D eigenvalue weighted by molar-refractivity contribution is 5.99. The number of rotatable bonds is 7. The molecular formula is C37H44F3N5O6. The van der Waals surface area contributed by atoms with E-state index in [4.69, 9.17) is 14.2 Å². The maximum Gasteiger partial charge on any atom is 0.434 e. The van der Waals surface area contributed by atoms with Crippen molar-refractivity contribution in [3.8, 4) is 5.75 Å². The van der Waals surface area contributed by atoms with Gasteiger partial charge in [0.25, 0.3) is 5.91 Å². The van der Waals surface area contributed by atoms with Gasteiger partial charge in [-0.2, -0.15) is 13.2 Å². The van der Waals surface area contributed by atoms with Crippen LogP contribution >= 0.6 is 0 Å². The zero-order valence-corrected chi connectivity index (χ0v) is 28.5. The minimum Gasteiger partial charge on any atom is -0.490 e. The molecule has 2 N–H and O–H groups in total. The van der Waals surface area contributed by atoms with Gasteiger partial charge in [-0.05, 0) is 105 Å². The minimum absolute atomic E-state index is 0.0685. The molecule has 5 heterocycles. The monoisotopic (exact) mass is 711 g/mol. The molecule has 0 atom stereocenters. The number of aliphatic carboxylic acids is 1. The lowest BCUT2D eigenvalue weighted by atomic mass is 9.48. The first-order valence-corrected chi connectivity index (χ1v) is 18.5. The molecule has 0 unspecified atom stereocenters. The molecular weight excluding hydrogens is 667 g/mol. The van der Waals surface area contributed by atoms with Gasteiger partial charge in [0.2, 0.25) is 5.95 Å². The Morgan fingerprint density at radius 2 is 1.67 bits per heavy atom. The number of carbonyl (C=O) groups is 2. The number of fused-ring (bicyclic) bond motifs is 2. The molecule has 1 aromatic carbocycles. The zero-order valence-electron chi connectivity index (χ0n) is 28.5. The van der Waals surface area contributed by atoms with Gasteiger partial charge in [0.05, 0.1) is 24.8 Å². The van der Waals surface area contributed by atoms with E-state index in [-0.39, 0.29) is 23.9 Å². The molecule has 10 rings (SSSR count). The van der Waals surface area contributed by atoms with E-state index in [0.717, 1.165) is 63.1 Å². The van der Waals surface area contributed by atoms with Gasteiger partial charge in [-0.15, -0.1) is 0 Å². The van der Waals surface area contributed by atoms with Gasteiger partial charge in [-0.3, -0.25) is 9.69 Å². The summed E-state index contributed by atoms with van der Waals surface area (Å²) in [6.07, 6.45) is 2.85. The van der Waals surface area contributed by atoms with Gasteiger partial charge in [-0.1, -0.05) is 0 Å². The molecule has 4 saturated carbocycles. The van der Waals surface area contributed by atoms with Crippen molar-refractivity contribution in [3.05, 3.63) is 41.2 Å². The molecule has 1 aromatic heterocycles. The van der Waals surface area contributed by atoms with Crippen molar-refractivity contribution in [2.75, 3.05) is 51.0 Å². The molecule has 7 fully saturated rings. The average Bonchev–Trinajstić information content (AvgIpc) is 3.38. The standard InChI is InChI=1S/C37H44F3N5O6/c38-37(39,40)31-28(32(46)43-36(33(47)48)23-12-21-11-22(14-23)15-24(36)13-21)17-41-34(42-31)45-20-35(5-9-49-10-6-35)29-16-27(1-2-30(29)45)51-26-3-7-44(8-4-26)25-18-50-19-25/h1-2,16-17,21-26H,3-15,18-20H2,(H,43,46)(H,47,48). The van der Waals surface area contributed by atoms with E-state index < -0.39 is 40.3 Å². The Hall–Kier alpha value is -3.49. The average molecular weight is 712 g/mol. The lowest BCUT2D eigenvalue weighted by Crippen LogP contribution is -2.70. The molecule has 3 saturated heterocycles. The van der Waals surface area contributed by atoms with Crippen molar-refractivity contribution >= 4 is 23.5 Å². The number of alkyl halides is 3. The van der Waals surface area contributed by atoms with Crippen molar-refractivity contribution in [2.45, 2.75) is 87.1 Å². The maximum atomic E-state index is 14.8. The van der Waals surface area contributed by atoms with Crippen molar-refractivity contribution in [2.24, 2.45) is 23.7 Å². The van der Waals surface area contributed by atoms with E-state index >= 15 is 0 Å². The summed E-state index contributed by atoms with van der Waals surface area (Å²) in [6, 6.07) is 6.25. The molecule has 8 aliphatic rings. The molecule has 1 spiro atoms. The smallest absolute Gasteiger partial charge is 0.434 e. The number of carbonyl (C=O) groups excluding carboxylic acids is 1. The quantitative estimate of drug-likeness (QED) is 0.408. The first kappa shape index (κ1) is 33.4. The summed E-state index contributed by atoms with van der Waals surface area (Å²) in [6.45, 7) is 4.86. The number of halogens is 3. The molecule has 274 valence electrons. The third-order valence-electron chi connectivity index (χ3n) is 13.3. The second-order valence-electron chi connectivity index (χ2n) is 16.1. The van der Waals surface area contributed by atoms with E-state index in [1.807, 2.05) is 18.2 Å². The van der Waals surface area contributed by atoms with Gasteiger partial charge in [0.15, 0.2) is 5.69 Å². The predicted molar refractivity (Wildman–Crippen MR) is 177 cm³/mol. The molecule has 4 aliphatic carbocycles. The van der Waals surface area contributed by atoms with Crippen molar-refractivity contribution in [3.63, 3.8) is 0 Å². The normalized spacial score (nSPS) is 31.8. The van der Waals surface area contributed by atoms with Crippen molar-refractivity contribution in [1.29, 1.82) is 0 Å². The summed E-state index contributed by atoms with van der Waals surface area (Å²) in [5.74, 6) is -1.53. The Bertz CT molecular complexity index is 1680. The molecule has 14 heteroatoms. The maximum absolute atomic E-state index is 14.8. The summed E-state index contributed by atoms with van der Waals surface area (Å²) in [7, 11) is 0. The lowest BCUT2D eigenvalue weighted by Gasteiger charge is -2.59. The number of amides is 1. The molecule has 11 nitrogen and oxygen atoms in total. The fraction of sp³-hybridized carbons (Fsp3) is 0.676. The molecule has 2 aromatic rings. The van der Waals surface area contributed by atoms with Crippen molar-refractivity contribution < 1.29 is 42.1 Å². The van der Waals surface area contributed by atoms with Crippen LogP contribution in [-0.2, 0) is 25.9 Å². The number of nitrogens with one attached hydrogen (secondary N) is 1. The summed E-state index contributed by atoms with van der Waals surface area (Å²) < 4.78 is 61.8. The molecule has 51 heavy (non-hydrogen) atoms. The Kier molecular flexibility index (Phi) is 8.04. The second-order valence-corrected chi connectivity index (χ2v) is 16.1. The predicted octanol–water partition coefficient (Wildman–Crippen LogP) is 4.95. The molecule has 0 radical (unpaired) electrons. The Balaban J connectivity index is 0.998. The Labute approximate surface area is 294 Å². The Morgan fingerprint density at radius 3 is 2.27 bits per heavy atom. The van der Waals surface area contributed by atoms with Gasteiger partial charge in [0, 0.05) is 50.1 Å². The van der Waals surface area contributed by atoms with E-state index in [1.165, 1.54) is 0 Å². The summed E-state index contributed by atoms with van der Waals surface area (Å²) in [5, 5.41) is 13.1. The number of benzene rings is 1. The summed E-state index contributed by atoms with van der Waals surface area (Å²) in [5.41, 5.74) is -2.46. The molecule has 1 amide bonds. The highest BCUT2D eigenvalue weighted by Crippen LogP contribution is 2.58. The van der Waals surface area contributed by atoms with Crippen LogP contribution in [0.25, 0.3) is 0 Å². The number of hydrogen-bond donors (Lipinski definition) is 2. The van der Waals surface area contributed by atoms with E-state index in [9.17, 15) is 27.9 Å². The summed E-state index contributed by atoms with van der Waals surface area (Å²) >= 11 is 0. The van der Waals surface area contributed by atoms with Crippen molar-refractivity contribution in [1.82, 2.24) is 20.2 Å². The first-order valence-electron chi connectivity index (χ1n) is 18.5. The van der Waals surface area contributed by atoms with Gasteiger partial charge >= 0.3 is 12.1 Å². The highest BCUT2D eigenvalue weighted by atomic mass is 19.4. The van der Waals surface area contributed by atoms with Gasteiger partial charge in [0.1, 0.15) is 17.4 Å². The fourth-order valence-electron chi connectivity index (χ4n) is 10.7. The second kappa shape index (κ2) is 12.3. The number of carboxylic acid groups (broad SMARTS) is 1. The number of carboxylic acids is 1. The third-order valence-corrected chi connectivity index (χ3v) is 13.3. The number of anilines is 2. The number of piperidine rings is 1. The number of ether oxygens (including phenoxy) is 3. The summed E-state index contributed by atoms with van der Waals surface area (Å²) in [4.78, 5) is 39.2. The topological polar surface area (TPSA) is 126 Å². The van der Waals surface area contributed by atoms with Crippen LogP contribution in [0.2, 0.25) is 0 Å². The molecule has 4 aliphatic heterocycles. The van der Waals surface area contributed by atoms with Crippen LogP contribution in [0.5, 0.6) is 5.75 Å². The van der Waals surface area contributed by atoms with Crippen LogP contribution in [0.3, 0.4) is 0 Å². The minimum atomic E-state index is -4.98. The number of aromatic nitrogens is 2. The van der Waals surface area contributed by atoms with Crippen LogP contribution in [-0.4, -0.2) is 95.6 Å². The Morgan fingerprint density at radius 1 is 0.980 bits per heavy atom. The van der Waals surface area contributed by atoms with Crippen LogP contribution < -0.4 is 15.0 Å².